The van der Waals surface area contributed by atoms with E-state index in [9.17, 15) is 9.90 Å². The largest absolute Gasteiger partial charge is 0.392 e. The van der Waals surface area contributed by atoms with Crippen LogP contribution >= 0.6 is 0 Å². The van der Waals surface area contributed by atoms with Crippen LogP contribution in [0.25, 0.3) is 0 Å². The summed E-state index contributed by atoms with van der Waals surface area (Å²) in [5, 5.41) is 21.8. The summed E-state index contributed by atoms with van der Waals surface area (Å²) in [5.74, 6) is 2.43. The number of nitrogens with zero attached hydrogens (tertiary/aromatic N) is 2. The van der Waals surface area contributed by atoms with Crippen molar-refractivity contribution in [3.8, 4) is 18.4 Å². The van der Waals surface area contributed by atoms with Gasteiger partial charge in [0.2, 0.25) is 5.91 Å². The quantitative estimate of drug-likeness (QED) is 0.701. The molecule has 5 heteroatoms. The highest BCUT2D eigenvalue weighted by Gasteiger charge is 2.36. The number of likely N-dealkylation sites (tertiary alicyclic amines) is 1. The van der Waals surface area contributed by atoms with Crippen LogP contribution in [0.3, 0.4) is 0 Å². The number of hydrogen-bond donors (Lipinski definition) is 2. The summed E-state index contributed by atoms with van der Waals surface area (Å²) < 4.78 is 0. The molecule has 0 radical (unpaired) electrons. The maximum Gasteiger partial charge on any atom is 0.238 e. The Bertz CT molecular complexity index is 401. The number of carbonyl (C=O) groups excluding carboxylic acids is 1. The van der Waals surface area contributed by atoms with Gasteiger partial charge in [-0.3, -0.25) is 4.79 Å². The first kappa shape index (κ1) is 13.9. The molecule has 1 heterocycles. The molecule has 4 atom stereocenters. The van der Waals surface area contributed by atoms with E-state index in [-0.39, 0.29) is 30.6 Å². The molecule has 2 N–H and O–H groups in total. The maximum absolute atomic E-state index is 12.2. The minimum absolute atomic E-state index is 0.0172. The number of nitriles is 1. The van der Waals surface area contributed by atoms with Gasteiger partial charge in [0.1, 0.15) is 6.04 Å². The fourth-order valence-electron chi connectivity index (χ4n) is 2.94. The van der Waals surface area contributed by atoms with Crippen LogP contribution in [0.1, 0.15) is 32.1 Å². The van der Waals surface area contributed by atoms with Gasteiger partial charge in [-0.15, -0.1) is 6.42 Å². The van der Waals surface area contributed by atoms with Crippen molar-refractivity contribution in [1.82, 2.24) is 10.2 Å². The van der Waals surface area contributed by atoms with Crippen molar-refractivity contribution in [3.05, 3.63) is 0 Å². The second kappa shape index (κ2) is 6.06. The van der Waals surface area contributed by atoms with Crippen LogP contribution in [-0.2, 0) is 4.79 Å². The van der Waals surface area contributed by atoms with Crippen LogP contribution < -0.4 is 5.32 Å². The monoisotopic (exact) mass is 261 g/mol. The molecule has 0 aromatic carbocycles. The van der Waals surface area contributed by atoms with E-state index in [4.69, 9.17) is 11.7 Å². The molecule has 2 unspecified atom stereocenters. The Morgan fingerprint density at radius 1 is 1.37 bits per heavy atom. The molecule has 2 aliphatic rings. The Hall–Kier alpha value is -1.56. The van der Waals surface area contributed by atoms with Gasteiger partial charge >= 0.3 is 0 Å². The van der Waals surface area contributed by atoms with Crippen LogP contribution in [-0.4, -0.2) is 46.7 Å². The third kappa shape index (κ3) is 2.89. The third-order valence-corrected chi connectivity index (χ3v) is 4.01. The molecular weight excluding hydrogens is 242 g/mol. The van der Waals surface area contributed by atoms with Crippen molar-refractivity contribution in [2.24, 2.45) is 0 Å². The molecule has 0 aromatic heterocycles. The molecule has 1 aliphatic heterocycles. The van der Waals surface area contributed by atoms with Crippen molar-refractivity contribution in [2.75, 3.05) is 6.54 Å². The van der Waals surface area contributed by atoms with Crippen LogP contribution in [0.15, 0.2) is 0 Å². The predicted molar refractivity (Wildman–Crippen MR) is 69.8 cm³/mol. The zero-order chi connectivity index (χ0) is 13.8. The van der Waals surface area contributed by atoms with Gasteiger partial charge in [-0.25, -0.2) is 0 Å². The van der Waals surface area contributed by atoms with E-state index in [1.54, 1.807) is 0 Å². The zero-order valence-corrected chi connectivity index (χ0v) is 10.9. The summed E-state index contributed by atoms with van der Waals surface area (Å²) in [7, 11) is 0. The molecule has 0 aromatic rings. The highest BCUT2D eigenvalue weighted by Crippen LogP contribution is 2.23. The van der Waals surface area contributed by atoms with Crippen LogP contribution in [0.5, 0.6) is 0 Å². The highest BCUT2D eigenvalue weighted by atomic mass is 16.3. The van der Waals surface area contributed by atoms with E-state index in [2.05, 4.69) is 17.3 Å². The molecule has 0 spiro atoms. The summed E-state index contributed by atoms with van der Waals surface area (Å²) >= 11 is 0. The average Bonchev–Trinajstić information content (AvgIpc) is 3.01. The van der Waals surface area contributed by atoms with Gasteiger partial charge in [-0.05, 0) is 32.1 Å². The molecule has 2 rings (SSSR count). The molecule has 1 aliphatic carbocycles. The lowest BCUT2D eigenvalue weighted by Crippen LogP contribution is -2.47. The van der Waals surface area contributed by atoms with Crippen LogP contribution in [0.2, 0.25) is 0 Å². The van der Waals surface area contributed by atoms with E-state index < -0.39 is 6.04 Å². The number of terminal acetylenes is 1. The Morgan fingerprint density at radius 2 is 2.11 bits per heavy atom. The van der Waals surface area contributed by atoms with E-state index in [1.807, 2.05) is 0 Å². The molecule has 102 valence electrons. The first-order chi connectivity index (χ1) is 9.17. The second-order valence-corrected chi connectivity index (χ2v) is 5.19. The van der Waals surface area contributed by atoms with Crippen molar-refractivity contribution in [1.29, 1.82) is 5.26 Å². The van der Waals surface area contributed by atoms with Gasteiger partial charge in [0.05, 0.1) is 24.8 Å². The van der Waals surface area contributed by atoms with E-state index in [0.717, 1.165) is 19.3 Å². The number of nitrogens with one attached hydrogen (secondary N) is 1. The number of rotatable bonds is 3. The van der Waals surface area contributed by atoms with Gasteiger partial charge in [0, 0.05) is 6.04 Å². The highest BCUT2D eigenvalue weighted by molar-refractivity contribution is 5.80. The summed E-state index contributed by atoms with van der Waals surface area (Å²) in [5.41, 5.74) is 0. The van der Waals surface area contributed by atoms with Crippen molar-refractivity contribution in [2.45, 2.75) is 56.3 Å². The maximum atomic E-state index is 12.2. The van der Waals surface area contributed by atoms with Gasteiger partial charge in [-0.1, -0.05) is 5.92 Å². The molecule has 2 fully saturated rings. The van der Waals surface area contributed by atoms with Crippen LogP contribution in [0.4, 0.5) is 0 Å². The molecular formula is C14H19N3O2. The minimum Gasteiger partial charge on any atom is -0.392 e. The first-order valence-corrected chi connectivity index (χ1v) is 6.75. The van der Waals surface area contributed by atoms with Crippen molar-refractivity contribution in [3.63, 3.8) is 0 Å². The lowest BCUT2D eigenvalue weighted by molar-refractivity contribution is -0.131. The van der Waals surface area contributed by atoms with Gasteiger partial charge < -0.3 is 15.3 Å². The summed E-state index contributed by atoms with van der Waals surface area (Å²) in [6, 6.07) is 1.43. The standard InChI is InChI=1S/C14H19N3O2/c1-2-10-6-7-11(8-15)17(10)14(19)9-16-12-4-3-5-13(12)18/h1,10-13,16,18H,3-7,9H2/t10-,11+,12?,13?/m1/s1. The van der Waals surface area contributed by atoms with Gasteiger partial charge in [-0.2, -0.15) is 5.26 Å². The molecule has 5 nitrogen and oxygen atoms in total. The number of carbonyl (C=O) groups is 1. The molecule has 1 amide bonds. The number of amides is 1. The molecule has 1 saturated carbocycles. The number of aliphatic hydroxyl groups excluding tert-OH is 1. The molecule has 19 heavy (non-hydrogen) atoms. The van der Waals surface area contributed by atoms with E-state index in [1.165, 1.54) is 4.90 Å². The summed E-state index contributed by atoms with van der Waals surface area (Å²) in [6.45, 7) is 0.137. The van der Waals surface area contributed by atoms with Gasteiger partial charge in [0.25, 0.3) is 0 Å². The van der Waals surface area contributed by atoms with Crippen LogP contribution in [0, 0.1) is 23.7 Å². The predicted octanol–water partition coefficient (Wildman–Crippen LogP) is 0.00578. The number of aliphatic hydroxyl groups is 1. The summed E-state index contributed by atoms with van der Waals surface area (Å²) in [6.07, 6.45) is 9.00. The number of hydrogen-bond acceptors (Lipinski definition) is 4. The normalized spacial score (nSPS) is 33.9. The Morgan fingerprint density at radius 3 is 2.68 bits per heavy atom. The lowest BCUT2D eigenvalue weighted by atomic mass is 10.2. The SMILES string of the molecule is C#C[C@@H]1CC[C@@H](C#N)N1C(=O)CNC1CCCC1O. The van der Waals surface area contributed by atoms with Crippen molar-refractivity contribution >= 4 is 5.91 Å². The Balaban J connectivity index is 1.91. The Kier molecular flexibility index (Phi) is 4.42. The smallest absolute Gasteiger partial charge is 0.238 e. The van der Waals surface area contributed by atoms with E-state index >= 15 is 0 Å². The second-order valence-electron chi connectivity index (χ2n) is 5.19. The lowest BCUT2D eigenvalue weighted by Gasteiger charge is -2.25. The Labute approximate surface area is 113 Å². The summed E-state index contributed by atoms with van der Waals surface area (Å²) in [4.78, 5) is 13.7. The van der Waals surface area contributed by atoms with E-state index in [0.29, 0.717) is 12.8 Å². The van der Waals surface area contributed by atoms with Crippen molar-refractivity contribution < 1.29 is 9.90 Å². The average molecular weight is 261 g/mol. The molecule has 0 bridgehead atoms. The fraction of sp³-hybridized carbons (Fsp3) is 0.714. The minimum atomic E-state index is -0.413. The third-order valence-electron chi connectivity index (χ3n) is 4.01. The van der Waals surface area contributed by atoms with Gasteiger partial charge in [0.15, 0.2) is 0 Å². The topological polar surface area (TPSA) is 76.4 Å². The zero-order valence-electron chi connectivity index (χ0n) is 10.9. The fourth-order valence-corrected chi connectivity index (χ4v) is 2.94. The molecule has 1 saturated heterocycles. The first-order valence-electron chi connectivity index (χ1n) is 6.75.